The standard InChI is InChI=1S/C27H34FN3O5/c1-17-14-31(18(2)16-32)27(34)22-12-20(21-6-4-5-7-23(21)28)13-29-25(22)36-24(17)15-30(3)26(33)19-8-10-35-11-9-19/h4-7,12-13,17-19,24,32H,8-11,14-16H2,1-3H3/t17-,18+,24+/m1/s1. The minimum absolute atomic E-state index is 0.0518. The highest BCUT2D eigenvalue weighted by Gasteiger charge is 2.35. The summed E-state index contributed by atoms with van der Waals surface area (Å²) in [5.41, 5.74) is 0.986. The van der Waals surface area contributed by atoms with Crippen molar-refractivity contribution in [2.75, 3.05) is 40.0 Å². The van der Waals surface area contributed by atoms with Crippen LogP contribution in [-0.4, -0.2) is 83.8 Å². The Balaban J connectivity index is 1.66. The number of hydrogen-bond acceptors (Lipinski definition) is 6. The molecule has 1 aromatic carbocycles. The third-order valence-corrected chi connectivity index (χ3v) is 7.11. The van der Waals surface area contributed by atoms with Gasteiger partial charge in [-0.2, -0.15) is 0 Å². The summed E-state index contributed by atoms with van der Waals surface area (Å²) in [7, 11) is 1.77. The van der Waals surface area contributed by atoms with E-state index in [-0.39, 0.29) is 41.7 Å². The van der Waals surface area contributed by atoms with Crippen LogP contribution in [0.2, 0.25) is 0 Å². The van der Waals surface area contributed by atoms with Crippen molar-refractivity contribution in [2.45, 2.75) is 38.8 Å². The number of carbonyl (C=O) groups is 2. The fourth-order valence-corrected chi connectivity index (χ4v) is 4.78. The molecule has 9 heteroatoms. The van der Waals surface area contributed by atoms with Crippen molar-refractivity contribution >= 4 is 11.8 Å². The predicted molar refractivity (Wildman–Crippen MR) is 132 cm³/mol. The van der Waals surface area contributed by atoms with Gasteiger partial charge in [0.15, 0.2) is 0 Å². The lowest BCUT2D eigenvalue weighted by molar-refractivity contribution is -0.138. The summed E-state index contributed by atoms with van der Waals surface area (Å²) in [6.45, 7) is 5.34. The van der Waals surface area contributed by atoms with Gasteiger partial charge in [0.2, 0.25) is 11.8 Å². The lowest BCUT2D eigenvalue weighted by Gasteiger charge is -2.38. The van der Waals surface area contributed by atoms with Gasteiger partial charge in [0, 0.05) is 56.0 Å². The first-order chi connectivity index (χ1) is 17.3. The highest BCUT2D eigenvalue weighted by Crippen LogP contribution is 2.31. The topological polar surface area (TPSA) is 92.2 Å². The average Bonchev–Trinajstić information content (AvgIpc) is 2.90. The molecule has 2 aromatic rings. The maximum atomic E-state index is 14.5. The summed E-state index contributed by atoms with van der Waals surface area (Å²) in [6, 6.07) is 7.45. The quantitative estimate of drug-likeness (QED) is 0.657. The minimum Gasteiger partial charge on any atom is -0.472 e. The van der Waals surface area contributed by atoms with E-state index in [1.807, 2.05) is 6.92 Å². The zero-order valence-electron chi connectivity index (χ0n) is 21.0. The number of hydrogen-bond donors (Lipinski definition) is 1. The van der Waals surface area contributed by atoms with Crippen LogP contribution in [0.5, 0.6) is 5.88 Å². The van der Waals surface area contributed by atoms with Crippen LogP contribution in [0.4, 0.5) is 4.39 Å². The van der Waals surface area contributed by atoms with E-state index in [0.717, 1.165) is 0 Å². The van der Waals surface area contributed by atoms with Gasteiger partial charge in [-0.1, -0.05) is 25.1 Å². The van der Waals surface area contributed by atoms with Crippen molar-refractivity contribution < 1.29 is 28.6 Å². The Hall–Kier alpha value is -3.04. The van der Waals surface area contributed by atoms with Crippen molar-refractivity contribution in [1.82, 2.24) is 14.8 Å². The molecule has 3 heterocycles. The fourth-order valence-electron chi connectivity index (χ4n) is 4.78. The number of nitrogens with zero attached hydrogens (tertiary/aromatic N) is 3. The van der Waals surface area contributed by atoms with Crippen LogP contribution in [0, 0.1) is 17.7 Å². The van der Waals surface area contributed by atoms with E-state index in [1.54, 1.807) is 48.0 Å². The molecule has 2 aliphatic rings. The van der Waals surface area contributed by atoms with Gasteiger partial charge < -0.3 is 24.4 Å². The van der Waals surface area contributed by atoms with E-state index in [4.69, 9.17) is 9.47 Å². The number of pyridine rings is 1. The number of aromatic nitrogens is 1. The second-order valence-electron chi connectivity index (χ2n) is 9.78. The first kappa shape index (κ1) is 26.0. The number of aliphatic hydroxyl groups excluding tert-OH is 1. The Morgan fingerprint density at radius 3 is 2.69 bits per heavy atom. The van der Waals surface area contributed by atoms with Crippen LogP contribution >= 0.6 is 0 Å². The summed E-state index contributed by atoms with van der Waals surface area (Å²) in [5.74, 6) is -0.787. The highest BCUT2D eigenvalue weighted by atomic mass is 19.1. The monoisotopic (exact) mass is 499 g/mol. The number of fused-ring (bicyclic) bond motifs is 1. The lowest BCUT2D eigenvalue weighted by Crippen LogP contribution is -2.51. The molecule has 36 heavy (non-hydrogen) atoms. The Morgan fingerprint density at radius 1 is 1.28 bits per heavy atom. The molecule has 1 fully saturated rings. The number of rotatable bonds is 6. The normalized spacial score (nSPS) is 21.7. The number of halogens is 1. The molecule has 1 aromatic heterocycles. The van der Waals surface area contributed by atoms with Crippen LogP contribution in [0.25, 0.3) is 11.1 Å². The molecule has 2 amide bonds. The minimum atomic E-state index is -0.440. The van der Waals surface area contributed by atoms with Crippen molar-refractivity contribution in [3.8, 4) is 17.0 Å². The van der Waals surface area contributed by atoms with Gasteiger partial charge in [0.1, 0.15) is 17.5 Å². The predicted octanol–water partition coefficient (Wildman–Crippen LogP) is 2.99. The van der Waals surface area contributed by atoms with Crippen molar-refractivity contribution in [2.24, 2.45) is 11.8 Å². The molecule has 0 aliphatic carbocycles. The van der Waals surface area contributed by atoms with E-state index in [2.05, 4.69) is 4.98 Å². The van der Waals surface area contributed by atoms with Crippen LogP contribution in [-0.2, 0) is 9.53 Å². The fraction of sp³-hybridized carbons (Fsp3) is 0.519. The SMILES string of the molecule is C[C@@H]1CN([C@@H](C)CO)C(=O)c2cc(-c3ccccc3F)cnc2O[C@H]1CN(C)C(=O)C1CCOCC1. The van der Waals surface area contributed by atoms with Gasteiger partial charge in [-0.15, -0.1) is 0 Å². The zero-order chi connectivity index (χ0) is 25.8. The van der Waals surface area contributed by atoms with Gasteiger partial charge in [-0.25, -0.2) is 9.37 Å². The van der Waals surface area contributed by atoms with Gasteiger partial charge in [0.25, 0.3) is 5.91 Å². The van der Waals surface area contributed by atoms with Gasteiger partial charge in [-0.05, 0) is 31.9 Å². The number of benzene rings is 1. The molecule has 1 saturated heterocycles. The highest BCUT2D eigenvalue weighted by molar-refractivity contribution is 5.98. The van der Waals surface area contributed by atoms with Gasteiger partial charge >= 0.3 is 0 Å². The molecule has 194 valence electrons. The average molecular weight is 500 g/mol. The Kier molecular flexibility index (Phi) is 8.21. The molecule has 0 unspecified atom stereocenters. The molecular formula is C27H34FN3O5. The third-order valence-electron chi connectivity index (χ3n) is 7.11. The van der Waals surface area contributed by atoms with Crippen LogP contribution < -0.4 is 4.74 Å². The number of carbonyl (C=O) groups excluding carboxylic acids is 2. The molecule has 2 aliphatic heterocycles. The van der Waals surface area contributed by atoms with Crippen molar-refractivity contribution in [3.05, 3.63) is 47.9 Å². The summed E-state index contributed by atoms with van der Waals surface area (Å²) in [6.07, 6.45) is 2.45. The van der Waals surface area contributed by atoms with E-state index in [1.165, 1.54) is 12.3 Å². The van der Waals surface area contributed by atoms with E-state index < -0.39 is 18.0 Å². The Morgan fingerprint density at radius 2 is 2.00 bits per heavy atom. The largest absolute Gasteiger partial charge is 0.472 e. The molecule has 0 bridgehead atoms. The second-order valence-corrected chi connectivity index (χ2v) is 9.78. The maximum absolute atomic E-state index is 14.5. The molecule has 0 radical (unpaired) electrons. The smallest absolute Gasteiger partial charge is 0.259 e. The number of ether oxygens (including phenoxy) is 2. The van der Waals surface area contributed by atoms with Crippen LogP contribution in [0.15, 0.2) is 36.5 Å². The first-order valence-electron chi connectivity index (χ1n) is 12.5. The van der Waals surface area contributed by atoms with E-state index >= 15 is 0 Å². The molecule has 0 spiro atoms. The molecule has 4 rings (SSSR count). The lowest BCUT2D eigenvalue weighted by atomic mass is 9.96. The molecule has 0 saturated carbocycles. The molecule has 3 atom stereocenters. The summed E-state index contributed by atoms with van der Waals surface area (Å²) in [4.78, 5) is 34.3. The van der Waals surface area contributed by atoms with Gasteiger partial charge in [-0.3, -0.25) is 9.59 Å². The summed E-state index contributed by atoms with van der Waals surface area (Å²) < 4.78 is 26.1. The van der Waals surface area contributed by atoms with E-state index in [0.29, 0.717) is 50.3 Å². The van der Waals surface area contributed by atoms with Crippen molar-refractivity contribution in [1.29, 1.82) is 0 Å². The Bertz CT molecular complexity index is 1090. The second kappa shape index (κ2) is 11.3. The van der Waals surface area contributed by atoms with E-state index in [9.17, 15) is 19.1 Å². The molecular weight excluding hydrogens is 465 g/mol. The van der Waals surface area contributed by atoms with Crippen LogP contribution in [0.3, 0.4) is 0 Å². The number of amides is 2. The molecule has 1 N–H and O–H groups in total. The zero-order valence-corrected chi connectivity index (χ0v) is 21.0. The maximum Gasteiger partial charge on any atom is 0.259 e. The first-order valence-corrected chi connectivity index (χ1v) is 12.5. The third kappa shape index (κ3) is 5.52. The van der Waals surface area contributed by atoms with Crippen molar-refractivity contribution in [3.63, 3.8) is 0 Å². The van der Waals surface area contributed by atoms with Crippen LogP contribution in [0.1, 0.15) is 37.0 Å². The summed E-state index contributed by atoms with van der Waals surface area (Å²) >= 11 is 0. The Labute approximate surface area is 211 Å². The number of likely N-dealkylation sites (N-methyl/N-ethyl adjacent to an activating group) is 1. The number of aliphatic hydroxyl groups is 1. The molecule has 8 nitrogen and oxygen atoms in total. The van der Waals surface area contributed by atoms with Gasteiger partial charge in [0.05, 0.1) is 19.2 Å². The summed E-state index contributed by atoms with van der Waals surface area (Å²) in [5, 5.41) is 9.85.